The lowest BCUT2D eigenvalue weighted by Crippen LogP contribution is -2.45. The summed E-state index contributed by atoms with van der Waals surface area (Å²) in [7, 11) is 0. The lowest BCUT2D eigenvalue weighted by atomic mass is 9.95. The first-order valence-electron chi connectivity index (χ1n) is 8.10. The van der Waals surface area contributed by atoms with Gasteiger partial charge in [-0.3, -0.25) is 4.90 Å². The molecule has 8 heteroatoms. The predicted octanol–water partition coefficient (Wildman–Crippen LogP) is 5.58. The third kappa shape index (κ3) is 7.14. The van der Waals surface area contributed by atoms with Gasteiger partial charge in [-0.1, -0.05) is 31.5 Å². The maximum absolute atomic E-state index is 12.9. The fraction of sp³-hybridized carbons (Fsp3) is 0.647. The first kappa shape index (κ1) is 24.8. The van der Waals surface area contributed by atoms with Crippen molar-refractivity contribution in [3.63, 3.8) is 0 Å². The van der Waals surface area contributed by atoms with Gasteiger partial charge in [-0.25, -0.2) is 0 Å². The van der Waals surface area contributed by atoms with E-state index in [4.69, 9.17) is 11.6 Å². The molecule has 0 saturated carbocycles. The molecule has 25 heavy (non-hydrogen) atoms. The van der Waals surface area contributed by atoms with Gasteiger partial charge in [0.25, 0.3) is 0 Å². The van der Waals surface area contributed by atoms with Crippen molar-refractivity contribution < 1.29 is 13.2 Å². The molecule has 0 bridgehead atoms. The average Bonchev–Trinajstić information content (AvgIpc) is 2.47. The smallest absolute Gasteiger partial charge is 0.314 e. The third-order valence-corrected chi connectivity index (χ3v) is 4.61. The summed E-state index contributed by atoms with van der Waals surface area (Å²) in [6.45, 7) is 7.95. The van der Waals surface area contributed by atoms with Gasteiger partial charge in [0.1, 0.15) is 0 Å². The Morgan fingerprint density at radius 3 is 2.20 bits per heavy atom. The largest absolute Gasteiger partial charge is 0.417 e. The van der Waals surface area contributed by atoms with Crippen LogP contribution in [-0.2, 0) is 6.18 Å². The van der Waals surface area contributed by atoms with E-state index in [1.165, 1.54) is 6.07 Å². The molecular formula is C17H26Cl3F3N2. The zero-order valence-electron chi connectivity index (χ0n) is 14.4. The number of rotatable bonds is 5. The van der Waals surface area contributed by atoms with Crippen molar-refractivity contribution in [2.75, 3.05) is 26.2 Å². The molecule has 0 radical (unpaired) electrons. The number of piperazine rings is 1. The van der Waals surface area contributed by atoms with Crippen LogP contribution in [0.3, 0.4) is 0 Å². The highest BCUT2D eigenvalue weighted by Gasteiger charge is 2.33. The van der Waals surface area contributed by atoms with E-state index in [1.54, 1.807) is 6.07 Å². The molecule has 1 fully saturated rings. The van der Waals surface area contributed by atoms with Crippen LogP contribution in [0.1, 0.15) is 43.9 Å². The second kappa shape index (κ2) is 10.8. The van der Waals surface area contributed by atoms with Crippen LogP contribution in [0.2, 0.25) is 5.02 Å². The maximum Gasteiger partial charge on any atom is 0.417 e. The Morgan fingerprint density at radius 1 is 1.12 bits per heavy atom. The monoisotopic (exact) mass is 420 g/mol. The van der Waals surface area contributed by atoms with Crippen molar-refractivity contribution in [1.82, 2.24) is 10.2 Å². The predicted molar refractivity (Wildman–Crippen MR) is 102 cm³/mol. The molecule has 1 aliphatic heterocycles. The van der Waals surface area contributed by atoms with E-state index in [0.717, 1.165) is 50.7 Å². The summed E-state index contributed by atoms with van der Waals surface area (Å²) < 4.78 is 38.7. The lowest BCUT2D eigenvalue weighted by molar-refractivity contribution is -0.137. The zero-order valence-corrected chi connectivity index (χ0v) is 16.8. The first-order chi connectivity index (χ1) is 10.8. The van der Waals surface area contributed by atoms with Crippen LogP contribution < -0.4 is 5.32 Å². The van der Waals surface area contributed by atoms with E-state index in [9.17, 15) is 13.2 Å². The molecule has 146 valence electrons. The second-order valence-electron chi connectivity index (χ2n) is 6.51. The van der Waals surface area contributed by atoms with E-state index in [2.05, 4.69) is 24.1 Å². The van der Waals surface area contributed by atoms with Crippen LogP contribution in [0, 0.1) is 5.92 Å². The summed E-state index contributed by atoms with van der Waals surface area (Å²) in [5.41, 5.74) is 0.122. The van der Waals surface area contributed by atoms with Gasteiger partial charge in [-0.05, 0) is 36.5 Å². The van der Waals surface area contributed by atoms with Gasteiger partial charge in [-0.15, -0.1) is 24.8 Å². The Bertz CT molecular complexity index is 518. The van der Waals surface area contributed by atoms with Crippen LogP contribution in [0.25, 0.3) is 0 Å². The molecule has 0 unspecified atom stereocenters. The number of halogens is 6. The van der Waals surface area contributed by atoms with Crippen LogP contribution in [0.15, 0.2) is 18.2 Å². The molecule has 1 heterocycles. The van der Waals surface area contributed by atoms with Crippen LogP contribution >= 0.6 is 36.4 Å². The lowest BCUT2D eigenvalue weighted by Gasteiger charge is -2.36. The SMILES string of the molecule is CC(C)CC[C@@H](c1ccc(C(F)(F)F)c(Cl)c1)N1CCNCC1.Cl.Cl. The molecule has 1 N–H and O–H groups in total. The molecule has 0 aromatic heterocycles. The molecular weight excluding hydrogens is 396 g/mol. The van der Waals surface area contributed by atoms with Gasteiger partial charge < -0.3 is 5.32 Å². The van der Waals surface area contributed by atoms with E-state index in [0.29, 0.717) is 5.92 Å². The first-order valence-corrected chi connectivity index (χ1v) is 8.48. The van der Waals surface area contributed by atoms with Crippen LogP contribution in [-0.4, -0.2) is 31.1 Å². The molecule has 2 nitrogen and oxygen atoms in total. The molecule has 1 saturated heterocycles. The minimum atomic E-state index is -4.40. The Balaban J connectivity index is 0.00000288. The van der Waals surface area contributed by atoms with Gasteiger partial charge in [0, 0.05) is 32.2 Å². The highest BCUT2D eigenvalue weighted by Crippen LogP contribution is 2.37. The van der Waals surface area contributed by atoms with Crippen LogP contribution in [0.5, 0.6) is 0 Å². The quantitative estimate of drug-likeness (QED) is 0.667. The summed E-state index contributed by atoms with van der Waals surface area (Å²) in [5.74, 6) is 0.560. The number of alkyl halides is 3. The number of hydrogen-bond donors (Lipinski definition) is 1. The van der Waals surface area contributed by atoms with Crippen molar-refractivity contribution in [1.29, 1.82) is 0 Å². The van der Waals surface area contributed by atoms with Crippen molar-refractivity contribution in [3.8, 4) is 0 Å². The van der Waals surface area contributed by atoms with Crippen molar-refractivity contribution >= 4 is 36.4 Å². The molecule has 2 rings (SSSR count). The highest BCUT2D eigenvalue weighted by molar-refractivity contribution is 6.31. The topological polar surface area (TPSA) is 15.3 Å². The third-order valence-electron chi connectivity index (χ3n) is 4.29. The minimum Gasteiger partial charge on any atom is -0.314 e. The molecule has 0 aliphatic carbocycles. The Morgan fingerprint density at radius 2 is 1.72 bits per heavy atom. The Kier molecular flexibility index (Phi) is 10.7. The second-order valence-corrected chi connectivity index (χ2v) is 6.92. The van der Waals surface area contributed by atoms with Crippen molar-refractivity contribution in [3.05, 3.63) is 34.3 Å². The fourth-order valence-electron chi connectivity index (χ4n) is 3.01. The van der Waals surface area contributed by atoms with Gasteiger partial charge in [-0.2, -0.15) is 13.2 Å². The molecule has 1 aliphatic rings. The van der Waals surface area contributed by atoms with E-state index < -0.39 is 11.7 Å². The minimum absolute atomic E-state index is 0. The highest BCUT2D eigenvalue weighted by atomic mass is 35.5. The molecule has 1 atom stereocenters. The normalized spacial score (nSPS) is 16.9. The van der Waals surface area contributed by atoms with E-state index >= 15 is 0 Å². The average molecular weight is 422 g/mol. The fourth-order valence-corrected chi connectivity index (χ4v) is 3.31. The summed E-state index contributed by atoms with van der Waals surface area (Å²) in [4.78, 5) is 2.35. The van der Waals surface area contributed by atoms with Gasteiger partial charge in [0.2, 0.25) is 0 Å². The van der Waals surface area contributed by atoms with E-state index in [1.807, 2.05) is 0 Å². The number of benzene rings is 1. The number of nitrogens with zero attached hydrogens (tertiary/aromatic N) is 1. The molecule has 1 aromatic carbocycles. The summed E-state index contributed by atoms with van der Waals surface area (Å²) >= 11 is 5.91. The summed E-state index contributed by atoms with van der Waals surface area (Å²) in [6, 6.07) is 4.32. The maximum atomic E-state index is 12.9. The number of nitrogens with one attached hydrogen (secondary N) is 1. The Hall–Kier alpha value is -0.200. The van der Waals surface area contributed by atoms with Gasteiger partial charge in [0.15, 0.2) is 0 Å². The molecule has 1 aromatic rings. The number of hydrogen-bond acceptors (Lipinski definition) is 2. The van der Waals surface area contributed by atoms with Gasteiger partial charge >= 0.3 is 6.18 Å². The van der Waals surface area contributed by atoms with Crippen molar-refractivity contribution in [2.24, 2.45) is 5.92 Å². The standard InChI is InChI=1S/C17H24ClF3N2.2ClH/c1-12(2)3-6-16(23-9-7-22-8-10-23)13-4-5-14(15(18)11-13)17(19,20)21;;/h4-5,11-12,16,22H,3,6-10H2,1-2H3;2*1H/t16-;;/m0../s1. The Labute approximate surface area is 165 Å². The van der Waals surface area contributed by atoms with Crippen LogP contribution in [0.4, 0.5) is 13.2 Å². The molecule has 0 amide bonds. The van der Waals surface area contributed by atoms with Crippen molar-refractivity contribution in [2.45, 2.75) is 38.9 Å². The zero-order chi connectivity index (χ0) is 17.0. The summed E-state index contributed by atoms with van der Waals surface area (Å²) in [6.07, 6.45) is -2.44. The van der Waals surface area contributed by atoms with Gasteiger partial charge in [0.05, 0.1) is 10.6 Å². The molecule has 0 spiro atoms. The van der Waals surface area contributed by atoms with E-state index in [-0.39, 0.29) is 35.9 Å². The summed E-state index contributed by atoms with van der Waals surface area (Å²) in [5, 5.41) is 3.10.